The predicted octanol–water partition coefficient (Wildman–Crippen LogP) is 4.89. The van der Waals surface area contributed by atoms with Crippen molar-refractivity contribution in [2.45, 2.75) is 12.5 Å². The van der Waals surface area contributed by atoms with E-state index in [1.165, 1.54) is 0 Å². The largest absolute Gasteiger partial charge is 0.374 e. The minimum Gasteiger partial charge on any atom is -0.374 e. The summed E-state index contributed by atoms with van der Waals surface area (Å²) in [5, 5.41) is 12.5. The first-order valence-corrected chi connectivity index (χ1v) is 8.71. The summed E-state index contributed by atoms with van der Waals surface area (Å²) in [5.41, 5.74) is 2.49. The summed E-state index contributed by atoms with van der Waals surface area (Å²) in [6.45, 7) is 2.05. The molecule has 0 aliphatic carbocycles. The molecule has 0 unspecified atom stereocenters. The molecule has 0 radical (unpaired) electrons. The highest BCUT2D eigenvalue weighted by molar-refractivity contribution is 7.18. The highest BCUT2D eigenvalue weighted by Gasteiger charge is 2.37. The number of hydrogen-bond donors (Lipinski definition) is 1. The van der Waals surface area contributed by atoms with Gasteiger partial charge in [-0.2, -0.15) is 0 Å². The Morgan fingerprint density at radius 1 is 0.792 bits per heavy atom. The molecule has 4 aromatic rings. The number of thiazole rings is 1. The number of rotatable bonds is 3. The van der Waals surface area contributed by atoms with Crippen LogP contribution >= 0.6 is 11.3 Å². The van der Waals surface area contributed by atoms with E-state index < -0.39 is 5.60 Å². The van der Waals surface area contributed by atoms with Crippen LogP contribution in [-0.4, -0.2) is 10.1 Å². The third kappa shape index (κ3) is 2.33. The summed E-state index contributed by atoms with van der Waals surface area (Å²) >= 11 is 1.55. The van der Waals surface area contributed by atoms with E-state index >= 15 is 0 Å². The minimum absolute atomic E-state index is 0.698. The van der Waals surface area contributed by atoms with E-state index in [0.717, 1.165) is 26.9 Å². The van der Waals surface area contributed by atoms with Gasteiger partial charge in [0.2, 0.25) is 0 Å². The lowest BCUT2D eigenvalue weighted by atomic mass is 9.87. The summed E-state index contributed by atoms with van der Waals surface area (Å²) in [4.78, 5) is 4.81. The molecule has 4 rings (SSSR count). The highest BCUT2D eigenvalue weighted by atomic mass is 32.1. The van der Waals surface area contributed by atoms with Gasteiger partial charge in [-0.25, -0.2) is 4.98 Å². The van der Waals surface area contributed by atoms with Crippen LogP contribution in [0.25, 0.3) is 10.2 Å². The Balaban J connectivity index is 2.00. The second-order valence-electron chi connectivity index (χ2n) is 5.88. The molecule has 3 aromatic carbocycles. The van der Waals surface area contributed by atoms with Gasteiger partial charge in [0.15, 0.2) is 5.60 Å². The van der Waals surface area contributed by atoms with E-state index in [1.54, 1.807) is 11.3 Å². The van der Waals surface area contributed by atoms with Crippen LogP contribution in [0.2, 0.25) is 0 Å². The van der Waals surface area contributed by atoms with Crippen LogP contribution in [0.1, 0.15) is 21.7 Å². The lowest BCUT2D eigenvalue weighted by molar-refractivity contribution is 0.125. The Labute approximate surface area is 145 Å². The molecule has 24 heavy (non-hydrogen) atoms. The molecular formula is C21H17NOS. The molecule has 1 aromatic heterocycles. The molecule has 1 N–H and O–H groups in total. The topological polar surface area (TPSA) is 33.1 Å². The van der Waals surface area contributed by atoms with E-state index in [0.29, 0.717) is 5.01 Å². The van der Waals surface area contributed by atoms with Gasteiger partial charge in [0.05, 0.1) is 10.2 Å². The molecule has 0 bridgehead atoms. The lowest BCUT2D eigenvalue weighted by Crippen LogP contribution is -2.28. The van der Waals surface area contributed by atoms with E-state index in [9.17, 15) is 5.11 Å². The van der Waals surface area contributed by atoms with E-state index in [-0.39, 0.29) is 0 Å². The first-order chi connectivity index (χ1) is 11.7. The van der Waals surface area contributed by atoms with Gasteiger partial charge >= 0.3 is 0 Å². The van der Waals surface area contributed by atoms with E-state index in [1.807, 2.05) is 66.7 Å². The van der Waals surface area contributed by atoms with E-state index in [4.69, 9.17) is 4.98 Å². The van der Waals surface area contributed by atoms with Crippen molar-refractivity contribution in [1.29, 1.82) is 0 Å². The summed E-state index contributed by atoms with van der Waals surface area (Å²) in [6.07, 6.45) is 0. The number of fused-ring (bicyclic) bond motifs is 1. The second-order valence-corrected chi connectivity index (χ2v) is 6.91. The lowest BCUT2D eigenvalue weighted by Gasteiger charge is -2.27. The maximum Gasteiger partial charge on any atom is 0.166 e. The summed E-state index contributed by atoms with van der Waals surface area (Å²) in [6, 6.07) is 25.6. The van der Waals surface area contributed by atoms with Crippen LogP contribution in [0, 0.1) is 6.92 Å². The van der Waals surface area contributed by atoms with Gasteiger partial charge in [-0.05, 0) is 29.7 Å². The summed E-state index contributed by atoms with van der Waals surface area (Å²) in [7, 11) is 0. The smallest absolute Gasteiger partial charge is 0.166 e. The van der Waals surface area contributed by atoms with Crippen LogP contribution in [0.15, 0.2) is 78.9 Å². The fourth-order valence-electron chi connectivity index (χ4n) is 3.01. The number of para-hydroxylation sites is 1. The zero-order chi connectivity index (χ0) is 16.6. The minimum atomic E-state index is -1.25. The molecule has 0 amide bonds. The molecule has 3 heteroatoms. The predicted molar refractivity (Wildman–Crippen MR) is 99.3 cm³/mol. The molecule has 0 saturated heterocycles. The van der Waals surface area contributed by atoms with Crippen LogP contribution < -0.4 is 0 Å². The van der Waals surface area contributed by atoms with Gasteiger partial charge in [-0.3, -0.25) is 0 Å². The number of hydrogen-bond acceptors (Lipinski definition) is 3. The zero-order valence-electron chi connectivity index (χ0n) is 13.3. The number of aliphatic hydroxyl groups is 1. The standard InChI is InChI=1S/C21H17NOS/c1-15-9-8-14-18-19(15)22-20(24-18)21(23,16-10-4-2-5-11-16)17-12-6-3-7-13-17/h2-14,23H,1H3. The maximum absolute atomic E-state index is 11.8. The van der Waals surface area contributed by atoms with Gasteiger partial charge in [0.1, 0.15) is 5.01 Å². The third-order valence-corrected chi connectivity index (χ3v) is 5.44. The average molecular weight is 331 g/mol. The zero-order valence-corrected chi connectivity index (χ0v) is 14.1. The van der Waals surface area contributed by atoms with Crippen LogP contribution in [0.5, 0.6) is 0 Å². The van der Waals surface area contributed by atoms with Gasteiger partial charge in [-0.15, -0.1) is 11.3 Å². The van der Waals surface area contributed by atoms with Crippen molar-refractivity contribution in [2.24, 2.45) is 0 Å². The van der Waals surface area contributed by atoms with E-state index in [2.05, 4.69) is 19.1 Å². The average Bonchev–Trinajstić information content (AvgIpc) is 3.09. The van der Waals surface area contributed by atoms with Crippen molar-refractivity contribution in [1.82, 2.24) is 4.98 Å². The summed E-state index contributed by atoms with van der Waals surface area (Å²) < 4.78 is 1.09. The molecule has 2 nitrogen and oxygen atoms in total. The van der Waals surface area contributed by atoms with Crippen molar-refractivity contribution >= 4 is 21.6 Å². The van der Waals surface area contributed by atoms with Gasteiger partial charge in [0.25, 0.3) is 0 Å². The molecule has 0 aliphatic heterocycles. The van der Waals surface area contributed by atoms with Gasteiger partial charge < -0.3 is 5.11 Å². The fourth-order valence-corrected chi connectivity index (χ4v) is 4.19. The molecular weight excluding hydrogens is 314 g/mol. The Bertz CT molecular complexity index is 937. The normalized spacial score (nSPS) is 11.8. The number of benzene rings is 3. The Morgan fingerprint density at radius 3 is 1.92 bits per heavy atom. The number of nitrogens with zero attached hydrogens (tertiary/aromatic N) is 1. The van der Waals surface area contributed by atoms with Crippen molar-refractivity contribution in [3.63, 3.8) is 0 Å². The molecule has 0 atom stereocenters. The van der Waals surface area contributed by atoms with Gasteiger partial charge in [0, 0.05) is 0 Å². The van der Waals surface area contributed by atoms with Crippen LogP contribution in [-0.2, 0) is 5.60 Å². The number of aromatic nitrogens is 1. The first kappa shape index (κ1) is 15.1. The molecule has 0 saturated carbocycles. The van der Waals surface area contributed by atoms with Crippen LogP contribution in [0.3, 0.4) is 0 Å². The third-order valence-electron chi connectivity index (χ3n) is 4.31. The maximum atomic E-state index is 11.8. The molecule has 0 aliphatic rings. The van der Waals surface area contributed by atoms with Crippen molar-refractivity contribution in [3.8, 4) is 0 Å². The number of aryl methyl sites for hydroxylation is 1. The molecule has 0 spiro atoms. The quantitative estimate of drug-likeness (QED) is 0.580. The molecule has 0 fully saturated rings. The SMILES string of the molecule is Cc1cccc2sc(C(O)(c3ccccc3)c3ccccc3)nc12. The summed E-state index contributed by atoms with van der Waals surface area (Å²) in [5.74, 6) is 0. The first-order valence-electron chi connectivity index (χ1n) is 7.89. The monoisotopic (exact) mass is 331 g/mol. The molecule has 118 valence electrons. The highest BCUT2D eigenvalue weighted by Crippen LogP contribution is 2.40. The molecule has 1 heterocycles. The fraction of sp³-hybridized carbons (Fsp3) is 0.0952. The van der Waals surface area contributed by atoms with Crippen molar-refractivity contribution < 1.29 is 5.11 Å². The van der Waals surface area contributed by atoms with Crippen LogP contribution in [0.4, 0.5) is 0 Å². The second kappa shape index (κ2) is 5.86. The van der Waals surface area contributed by atoms with Crippen molar-refractivity contribution in [2.75, 3.05) is 0 Å². The van der Waals surface area contributed by atoms with Gasteiger partial charge in [-0.1, -0.05) is 72.8 Å². The Kier molecular flexibility index (Phi) is 3.68. The Morgan fingerprint density at radius 2 is 1.38 bits per heavy atom. The van der Waals surface area contributed by atoms with Crippen molar-refractivity contribution in [3.05, 3.63) is 101 Å². The Hall–Kier alpha value is -2.49.